The van der Waals surface area contributed by atoms with Crippen LogP contribution in [0.15, 0.2) is 17.7 Å². The Hall–Kier alpha value is -3.55. The van der Waals surface area contributed by atoms with E-state index in [1.54, 1.807) is 26.0 Å². The number of halogens is 3. The highest BCUT2D eigenvalue weighted by Gasteiger charge is 2.49. The first kappa shape index (κ1) is 26.7. The molecule has 1 aromatic rings. The van der Waals surface area contributed by atoms with E-state index in [1.165, 1.54) is 0 Å². The molecule has 0 fully saturated rings. The van der Waals surface area contributed by atoms with Crippen molar-refractivity contribution >= 4 is 18.2 Å². The third-order valence-electron chi connectivity index (χ3n) is 4.22. The summed E-state index contributed by atoms with van der Waals surface area (Å²) in [5, 5.41) is 8.95. The number of fused-ring (bicyclic) bond motifs is 1. The molecule has 0 saturated heterocycles. The van der Waals surface area contributed by atoms with Gasteiger partial charge in [0, 0.05) is 12.5 Å². The minimum atomic E-state index is -4.91. The van der Waals surface area contributed by atoms with Gasteiger partial charge in [-0.15, -0.1) is 10.1 Å². The van der Waals surface area contributed by atoms with Crippen molar-refractivity contribution in [1.82, 2.24) is 0 Å². The number of rotatable bonds is 10. The van der Waals surface area contributed by atoms with Gasteiger partial charge in [-0.25, -0.2) is 9.59 Å². The number of esters is 1. The molecule has 1 aliphatic heterocycles. The monoisotopic (exact) mass is 493 g/mol. The van der Waals surface area contributed by atoms with Gasteiger partial charge in [0.15, 0.2) is 0 Å². The Morgan fingerprint density at radius 1 is 1.15 bits per heavy atom. The van der Waals surface area contributed by atoms with Crippen LogP contribution in [-0.2, 0) is 28.6 Å². The van der Waals surface area contributed by atoms with Gasteiger partial charge in [-0.3, -0.25) is 0 Å². The molecule has 0 aliphatic carbocycles. The Morgan fingerprint density at radius 3 is 2.47 bits per heavy atom. The predicted molar refractivity (Wildman–Crippen MR) is 106 cm³/mol. The molecule has 2 atom stereocenters. The van der Waals surface area contributed by atoms with E-state index < -0.39 is 41.4 Å². The zero-order valence-corrected chi connectivity index (χ0v) is 18.4. The fourth-order valence-corrected chi connectivity index (χ4v) is 2.96. The van der Waals surface area contributed by atoms with Crippen molar-refractivity contribution in [3.05, 3.63) is 44.5 Å². The van der Waals surface area contributed by atoms with E-state index in [9.17, 15) is 32.9 Å². The second-order valence-electron chi connectivity index (χ2n) is 7.00. The van der Waals surface area contributed by atoms with Crippen molar-refractivity contribution in [3.8, 4) is 5.75 Å². The number of benzene rings is 1. The van der Waals surface area contributed by atoms with E-state index in [0.29, 0.717) is 5.56 Å². The lowest BCUT2D eigenvalue weighted by molar-refractivity contribution is -0.758. The quantitative estimate of drug-likeness (QED) is 0.157. The van der Waals surface area contributed by atoms with Crippen LogP contribution in [0.25, 0.3) is 6.08 Å². The number of hydrogen-bond acceptors (Lipinski definition) is 10. The first-order valence-electron chi connectivity index (χ1n) is 9.84. The van der Waals surface area contributed by atoms with E-state index in [4.69, 9.17) is 14.2 Å². The summed E-state index contributed by atoms with van der Waals surface area (Å²) >= 11 is 0. The average Bonchev–Trinajstić information content (AvgIpc) is 2.70. The van der Waals surface area contributed by atoms with Crippen LogP contribution < -0.4 is 4.74 Å². The molecule has 0 aromatic heterocycles. The lowest BCUT2D eigenvalue weighted by Gasteiger charge is -2.29. The fourth-order valence-electron chi connectivity index (χ4n) is 2.96. The minimum Gasteiger partial charge on any atom is -0.475 e. The van der Waals surface area contributed by atoms with Crippen LogP contribution in [-0.4, -0.2) is 62.2 Å². The van der Waals surface area contributed by atoms with Gasteiger partial charge in [0.1, 0.15) is 19.0 Å². The van der Waals surface area contributed by atoms with Gasteiger partial charge in [-0.1, -0.05) is 11.6 Å². The summed E-state index contributed by atoms with van der Waals surface area (Å²) in [4.78, 5) is 38.0. The van der Waals surface area contributed by atoms with E-state index in [1.807, 2.05) is 0 Å². The van der Waals surface area contributed by atoms with E-state index in [2.05, 4.69) is 14.3 Å². The fraction of sp³-hybridized carbons (Fsp3) is 0.500. The molecule has 0 saturated carbocycles. The van der Waals surface area contributed by atoms with Crippen LogP contribution in [0.2, 0.25) is 0 Å². The SMILES string of the molecule is Cc1cc(C)c2c(c1)C=C(C(=O)OC(C)OC(=O)OCCOCCO[N+](=O)[O-])C(C(F)(F)F)O2. The molecule has 2 rings (SSSR count). The van der Waals surface area contributed by atoms with Crippen molar-refractivity contribution in [2.24, 2.45) is 0 Å². The molecular formula is C20H22F3NO10. The van der Waals surface area contributed by atoms with Gasteiger partial charge in [0.2, 0.25) is 12.4 Å². The summed E-state index contributed by atoms with van der Waals surface area (Å²) in [6, 6.07) is 3.21. The number of aryl methyl sites for hydroxylation is 2. The third-order valence-corrected chi connectivity index (χ3v) is 4.22. The summed E-state index contributed by atoms with van der Waals surface area (Å²) in [6.07, 6.45) is -9.30. The maximum atomic E-state index is 13.6. The van der Waals surface area contributed by atoms with Gasteiger partial charge in [0.25, 0.3) is 5.09 Å². The van der Waals surface area contributed by atoms with Crippen LogP contribution >= 0.6 is 0 Å². The summed E-state index contributed by atoms with van der Waals surface area (Å²) in [5.74, 6) is -1.38. The highest BCUT2D eigenvalue weighted by atomic mass is 19.4. The van der Waals surface area contributed by atoms with Gasteiger partial charge < -0.3 is 28.5 Å². The zero-order chi connectivity index (χ0) is 25.5. The van der Waals surface area contributed by atoms with Gasteiger partial charge in [0.05, 0.1) is 18.8 Å². The molecular weight excluding hydrogens is 471 g/mol. The maximum absolute atomic E-state index is 13.6. The Labute approximate surface area is 191 Å². The molecule has 0 bridgehead atoms. The van der Waals surface area contributed by atoms with Crippen molar-refractivity contribution in [2.75, 3.05) is 26.4 Å². The number of ether oxygens (including phenoxy) is 5. The first-order chi connectivity index (χ1) is 15.9. The second kappa shape index (κ2) is 11.5. The van der Waals surface area contributed by atoms with Gasteiger partial charge >= 0.3 is 18.3 Å². The number of carbonyl (C=O) groups excluding carboxylic acids is 2. The topological polar surface area (TPSA) is 133 Å². The van der Waals surface area contributed by atoms with E-state index >= 15 is 0 Å². The third kappa shape index (κ3) is 7.79. The van der Waals surface area contributed by atoms with Crippen molar-refractivity contribution in [1.29, 1.82) is 0 Å². The maximum Gasteiger partial charge on any atom is 0.511 e. The Balaban J connectivity index is 1.92. The molecule has 34 heavy (non-hydrogen) atoms. The summed E-state index contributed by atoms with van der Waals surface area (Å²) < 4.78 is 64.8. The molecule has 11 nitrogen and oxygen atoms in total. The van der Waals surface area contributed by atoms with Crippen molar-refractivity contribution in [2.45, 2.75) is 39.3 Å². The second-order valence-corrected chi connectivity index (χ2v) is 7.00. The standard InChI is InChI=1S/C20H22F3NO10/c1-11-8-12(2)16-14(9-11)10-15(17(34-16)20(21,22)23)18(25)32-13(3)33-19(26)30-6-4-29-5-7-31-24(27)28/h8-10,13,17H,4-7H2,1-3H3. The number of carbonyl (C=O) groups is 2. The number of hydrogen-bond donors (Lipinski definition) is 0. The van der Waals surface area contributed by atoms with Gasteiger partial charge in [-0.2, -0.15) is 13.2 Å². The highest BCUT2D eigenvalue weighted by Crippen LogP contribution is 2.39. The Morgan fingerprint density at radius 2 is 1.82 bits per heavy atom. The number of alkyl halides is 3. The van der Waals surface area contributed by atoms with Crippen LogP contribution in [0.1, 0.15) is 23.6 Å². The predicted octanol–water partition coefficient (Wildman–Crippen LogP) is 3.28. The van der Waals surface area contributed by atoms with Crippen molar-refractivity contribution in [3.63, 3.8) is 0 Å². The van der Waals surface area contributed by atoms with Crippen LogP contribution in [0.3, 0.4) is 0 Å². The summed E-state index contributed by atoms with van der Waals surface area (Å²) in [5.41, 5.74) is 0.699. The normalized spacial score (nSPS) is 15.8. The Kier molecular flexibility index (Phi) is 9.06. The molecule has 1 aliphatic rings. The highest BCUT2D eigenvalue weighted by molar-refractivity contribution is 5.96. The molecule has 2 unspecified atom stereocenters. The van der Waals surface area contributed by atoms with Crippen LogP contribution in [0, 0.1) is 24.0 Å². The van der Waals surface area contributed by atoms with E-state index in [-0.39, 0.29) is 37.7 Å². The lowest BCUT2D eigenvalue weighted by atomic mass is 9.97. The number of nitrogens with zero attached hydrogens (tertiary/aromatic N) is 1. The molecule has 14 heteroatoms. The first-order valence-corrected chi connectivity index (χ1v) is 9.84. The van der Waals surface area contributed by atoms with E-state index in [0.717, 1.165) is 18.6 Å². The summed E-state index contributed by atoms with van der Waals surface area (Å²) in [7, 11) is 0. The largest absolute Gasteiger partial charge is 0.511 e. The van der Waals surface area contributed by atoms with Crippen molar-refractivity contribution < 1.29 is 56.4 Å². The average molecular weight is 493 g/mol. The Bertz CT molecular complexity index is 947. The molecule has 1 aromatic carbocycles. The molecule has 0 radical (unpaired) electrons. The smallest absolute Gasteiger partial charge is 0.475 e. The van der Waals surface area contributed by atoms with Crippen LogP contribution in [0.5, 0.6) is 5.75 Å². The summed E-state index contributed by atoms with van der Waals surface area (Å²) in [6.45, 7) is 3.55. The molecule has 0 N–H and O–H groups in total. The van der Waals surface area contributed by atoms with Gasteiger partial charge in [-0.05, 0) is 31.6 Å². The molecule has 0 amide bonds. The van der Waals surface area contributed by atoms with Crippen LogP contribution in [0.4, 0.5) is 18.0 Å². The molecule has 1 heterocycles. The lowest BCUT2D eigenvalue weighted by Crippen LogP contribution is -2.41. The molecule has 188 valence electrons. The molecule has 0 spiro atoms. The zero-order valence-electron chi connectivity index (χ0n) is 18.4. The minimum absolute atomic E-state index is 0.00418.